The first-order valence-corrected chi connectivity index (χ1v) is 9.55. The molecule has 8 heteroatoms. The first-order valence-electron chi connectivity index (χ1n) is 9.55. The van der Waals surface area contributed by atoms with Gasteiger partial charge in [0.2, 0.25) is 18.5 Å². The number of ether oxygens (including phenoxy) is 2. The van der Waals surface area contributed by atoms with Gasteiger partial charge in [-0.15, -0.1) is 0 Å². The van der Waals surface area contributed by atoms with Crippen LogP contribution < -0.4 is 14.8 Å². The summed E-state index contributed by atoms with van der Waals surface area (Å²) in [6.45, 7) is 2.84. The van der Waals surface area contributed by atoms with E-state index >= 15 is 0 Å². The summed E-state index contributed by atoms with van der Waals surface area (Å²) < 4.78 is 16.2. The summed E-state index contributed by atoms with van der Waals surface area (Å²) >= 11 is 0. The number of hydrogen-bond acceptors (Lipinski definition) is 6. The molecule has 2 aliphatic heterocycles. The van der Waals surface area contributed by atoms with E-state index in [1.807, 2.05) is 31.2 Å². The lowest BCUT2D eigenvalue weighted by atomic mass is 10.1. The Morgan fingerprint density at radius 2 is 2.07 bits per heavy atom. The first kappa shape index (κ1) is 17.5. The molecule has 1 fully saturated rings. The molecule has 3 aromatic rings. The molecule has 0 bridgehead atoms. The summed E-state index contributed by atoms with van der Waals surface area (Å²) in [4.78, 5) is 19.2. The average Bonchev–Trinajstić information content (AvgIpc) is 3.46. The number of benzene rings is 2. The van der Waals surface area contributed by atoms with Crippen molar-refractivity contribution in [1.29, 1.82) is 0 Å². The van der Waals surface area contributed by atoms with Crippen LogP contribution in [0.25, 0.3) is 11.4 Å². The van der Waals surface area contributed by atoms with Crippen LogP contribution >= 0.6 is 0 Å². The van der Waals surface area contributed by atoms with Crippen molar-refractivity contribution in [2.24, 2.45) is 0 Å². The van der Waals surface area contributed by atoms with Crippen molar-refractivity contribution >= 4 is 11.7 Å². The SMILES string of the molecule is Cc1cccc(-c2noc([C@H]3CCCN3C(=O)Nc3ccc4c(c3)OCO4)n2)c1. The van der Waals surface area contributed by atoms with E-state index in [4.69, 9.17) is 14.0 Å². The first-order chi connectivity index (χ1) is 14.2. The largest absolute Gasteiger partial charge is 0.454 e. The van der Waals surface area contributed by atoms with Gasteiger partial charge in [-0.1, -0.05) is 28.9 Å². The molecule has 1 N–H and O–H groups in total. The maximum Gasteiger partial charge on any atom is 0.322 e. The highest BCUT2D eigenvalue weighted by atomic mass is 16.7. The second kappa shape index (κ2) is 7.12. The number of nitrogens with zero attached hydrogens (tertiary/aromatic N) is 3. The molecule has 5 rings (SSSR count). The highest BCUT2D eigenvalue weighted by Crippen LogP contribution is 2.36. The summed E-state index contributed by atoms with van der Waals surface area (Å²) in [5.41, 5.74) is 2.67. The van der Waals surface area contributed by atoms with E-state index in [-0.39, 0.29) is 18.9 Å². The molecule has 0 spiro atoms. The Hall–Kier alpha value is -3.55. The van der Waals surface area contributed by atoms with Crippen LogP contribution in [0.5, 0.6) is 11.5 Å². The van der Waals surface area contributed by atoms with Gasteiger partial charge in [-0.05, 0) is 38.0 Å². The summed E-state index contributed by atoms with van der Waals surface area (Å²) in [5, 5.41) is 7.04. The van der Waals surface area contributed by atoms with Gasteiger partial charge in [-0.3, -0.25) is 0 Å². The van der Waals surface area contributed by atoms with E-state index < -0.39 is 0 Å². The Morgan fingerprint density at radius 3 is 2.97 bits per heavy atom. The minimum Gasteiger partial charge on any atom is -0.454 e. The summed E-state index contributed by atoms with van der Waals surface area (Å²) in [5.74, 6) is 2.30. The lowest BCUT2D eigenvalue weighted by Crippen LogP contribution is -2.34. The summed E-state index contributed by atoms with van der Waals surface area (Å²) in [6, 6.07) is 12.8. The van der Waals surface area contributed by atoms with E-state index in [9.17, 15) is 4.79 Å². The number of fused-ring (bicyclic) bond motifs is 1. The number of aromatic nitrogens is 2. The summed E-state index contributed by atoms with van der Waals surface area (Å²) in [6.07, 6.45) is 1.66. The number of rotatable bonds is 3. The zero-order valence-electron chi connectivity index (χ0n) is 15.9. The second-order valence-electron chi connectivity index (χ2n) is 7.18. The minimum absolute atomic E-state index is 0.196. The van der Waals surface area contributed by atoms with Crippen molar-refractivity contribution in [2.75, 3.05) is 18.7 Å². The van der Waals surface area contributed by atoms with E-state index in [0.717, 1.165) is 24.0 Å². The van der Waals surface area contributed by atoms with Gasteiger partial charge in [0.25, 0.3) is 0 Å². The van der Waals surface area contributed by atoms with Crippen LogP contribution in [-0.4, -0.2) is 34.4 Å². The monoisotopic (exact) mass is 392 g/mol. The smallest absolute Gasteiger partial charge is 0.322 e. The minimum atomic E-state index is -0.241. The Labute approximate surface area is 167 Å². The number of urea groups is 1. The molecule has 148 valence electrons. The van der Waals surface area contributed by atoms with Gasteiger partial charge in [-0.2, -0.15) is 4.98 Å². The van der Waals surface area contributed by atoms with Crippen LogP contribution in [0.1, 0.15) is 30.3 Å². The molecule has 1 atom stereocenters. The third-order valence-electron chi connectivity index (χ3n) is 5.14. The van der Waals surface area contributed by atoms with Gasteiger partial charge in [0, 0.05) is 23.9 Å². The van der Waals surface area contributed by atoms with Crippen molar-refractivity contribution in [2.45, 2.75) is 25.8 Å². The highest BCUT2D eigenvalue weighted by Gasteiger charge is 2.34. The Kier molecular flexibility index (Phi) is 4.31. The fourth-order valence-electron chi connectivity index (χ4n) is 3.71. The molecule has 29 heavy (non-hydrogen) atoms. The number of carbonyl (C=O) groups is 1. The third-order valence-corrected chi connectivity index (χ3v) is 5.14. The van der Waals surface area contributed by atoms with Crippen molar-refractivity contribution in [3.8, 4) is 22.9 Å². The van der Waals surface area contributed by atoms with Gasteiger partial charge in [0.1, 0.15) is 6.04 Å². The van der Waals surface area contributed by atoms with Gasteiger partial charge in [0.05, 0.1) is 0 Å². The molecule has 0 radical (unpaired) electrons. The quantitative estimate of drug-likeness (QED) is 0.720. The molecule has 2 aromatic carbocycles. The lowest BCUT2D eigenvalue weighted by molar-refractivity contribution is 0.174. The maximum absolute atomic E-state index is 12.9. The maximum atomic E-state index is 12.9. The van der Waals surface area contributed by atoms with Crippen molar-refractivity contribution in [3.05, 3.63) is 53.9 Å². The van der Waals surface area contributed by atoms with Crippen LogP contribution in [0, 0.1) is 6.92 Å². The van der Waals surface area contributed by atoms with Crippen LogP contribution in [0.2, 0.25) is 0 Å². The molecular formula is C21H20N4O4. The predicted molar refractivity (Wildman–Crippen MR) is 105 cm³/mol. The zero-order valence-corrected chi connectivity index (χ0v) is 15.9. The molecule has 1 saturated heterocycles. The molecule has 0 unspecified atom stereocenters. The summed E-state index contributed by atoms with van der Waals surface area (Å²) in [7, 11) is 0. The van der Waals surface area contributed by atoms with Crippen molar-refractivity contribution < 1.29 is 18.8 Å². The van der Waals surface area contributed by atoms with E-state index in [1.54, 1.807) is 23.1 Å². The predicted octanol–water partition coefficient (Wildman–Crippen LogP) is 4.14. The number of anilines is 1. The molecule has 1 aromatic heterocycles. The van der Waals surface area contributed by atoms with Crippen LogP contribution in [0.15, 0.2) is 47.0 Å². The molecule has 2 amide bonds. The Morgan fingerprint density at radius 1 is 1.17 bits per heavy atom. The normalized spacial score (nSPS) is 17.6. The van der Waals surface area contributed by atoms with Crippen LogP contribution in [0.4, 0.5) is 10.5 Å². The molecule has 0 saturated carbocycles. The average molecular weight is 392 g/mol. The lowest BCUT2D eigenvalue weighted by Gasteiger charge is -2.22. The van der Waals surface area contributed by atoms with Gasteiger partial charge >= 0.3 is 6.03 Å². The van der Waals surface area contributed by atoms with Crippen LogP contribution in [0.3, 0.4) is 0 Å². The van der Waals surface area contributed by atoms with Gasteiger partial charge in [-0.25, -0.2) is 4.79 Å². The Balaban J connectivity index is 1.33. The standard InChI is InChI=1S/C21H20N4O4/c1-13-4-2-5-14(10-13)19-23-20(29-24-19)16-6-3-9-25(16)21(26)22-15-7-8-17-18(11-15)28-12-27-17/h2,4-5,7-8,10-11,16H,3,6,9,12H2,1H3,(H,22,26)/t16-/m1/s1. The number of nitrogens with one attached hydrogen (secondary N) is 1. The fraction of sp³-hybridized carbons (Fsp3) is 0.286. The fourth-order valence-corrected chi connectivity index (χ4v) is 3.71. The molecule has 8 nitrogen and oxygen atoms in total. The zero-order chi connectivity index (χ0) is 19.8. The van der Waals surface area contributed by atoms with Gasteiger partial charge in [0.15, 0.2) is 11.5 Å². The van der Waals surface area contributed by atoms with Crippen LogP contribution in [-0.2, 0) is 0 Å². The van der Waals surface area contributed by atoms with E-state index in [1.165, 1.54) is 0 Å². The number of likely N-dealkylation sites (tertiary alicyclic amines) is 1. The topological polar surface area (TPSA) is 89.7 Å². The van der Waals surface area contributed by atoms with E-state index in [2.05, 4.69) is 15.5 Å². The van der Waals surface area contributed by atoms with E-state index in [0.29, 0.717) is 35.4 Å². The number of carbonyl (C=O) groups excluding carboxylic acids is 1. The molecular weight excluding hydrogens is 372 g/mol. The number of hydrogen-bond donors (Lipinski definition) is 1. The molecule has 2 aliphatic rings. The highest BCUT2D eigenvalue weighted by molar-refractivity contribution is 5.90. The molecule has 0 aliphatic carbocycles. The molecule has 3 heterocycles. The van der Waals surface area contributed by atoms with Gasteiger partial charge < -0.3 is 24.2 Å². The third kappa shape index (κ3) is 3.37. The van der Waals surface area contributed by atoms with Crippen molar-refractivity contribution in [3.63, 3.8) is 0 Å². The number of amides is 2. The van der Waals surface area contributed by atoms with Crippen molar-refractivity contribution in [1.82, 2.24) is 15.0 Å². The second-order valence-corrected chi connectivity index (χ2v) is 7.18. The number of aryl methyl sites for hydroxylation is 1. The Bertz CT molecular complexity index is 1060.